The molecule has 2 heterocycles. The summed E-state index contributed by atoms with van der Waals surface area (Å²) < 4.78 is 28.9. The quantitative estimate of drug-likeness (QED) is 0.399. The lowest BCUT2D eigenvalue weighted by Crippen LogP contribution is -2.02. The van der Waals surface area contributed by atoms with Crippen LogP contribution in [0.15, 0.2) is 79.4 Å². The van der Waals surface area contributed by atoms with E-state index in [0.29, 0.717) is 16.8 Å². The lowest BCUT2D eigenvalue weighted by molar-refractivity contribution is 0.103. The lowest BCUT2D eigenvalue weighted by Gasteiger charge is -2.06. The molecule has 0 atom stereocenters. The molecule has 2 aromatic heterocycles. The third-order valence-electron chi connectivity index (χ3n) is 4.12. The number of nitrogens with zero attached hydrogens (tertiary/aromatic N) is 3. The summed E-state index contributed by atoms with van der Waals surface area (Å²) in [6, 6.07) is 15.9. The molecule has 0 aliphatic heterocycles. The van der Waals surface area contributed by atoms with Crippen molar-refractivity contribution >= 4 is 5.78 Å². The summed E-state index contributed by atoms with van der Waals surface area (Å²) in [5.74, 6) is -1.41. The van der Waals surface area contributed by atoms with E-state index in [1.165, 1.54) is 36.8 Å². The number of benzene rings is 2. The highest BCUT2D eigenvalue weighted by atomic mass is 19.1. The molecule has 27 heavy (non-hydrogen) atoms. The Hall–Kier alpha value is -3.67. The molecule has 6 heteroatoms. The van der Waals surface area contributed by atoms with Gasteiger partial charge in [0.15, 0.2) is 0 Å². The second-order valence-corrected chi connectivity index (χ2v) is 5.90. The Morgan fingerprint density at radius 2 is 1.78 bits per heavy atom. The Morgan fingerprint density at radius 1 is 0.926 bits per heavy atom. The number of hydrogen-bond donors (Lipinski definition) is 0. The minimum absolute atomic E-state index is 0.193. The molecule has 0 fully saturated rings. The van der Waals surface area contributed by atoms with Gasteiger partial charge in [0.1, 0.15) is 17.8 Å². The van der Waals surface area contributed by atoms with Gasteiger partial charge in [-0.3, -0.25) is 4.79 Å². The molecule has 4 nitrogen and oxygen atoms in total. The molecular weight excluding hydrogens is 348 g/mol. The smallest absolute Gasteiger partial charge is 0.220 e. The molecule has 4 aromatic rings. The first-order valence-electron chi connectivity index (χ1n) is 8.17. The number of rotatable bonds is 4. The van der Waals surface area contributed by atoms with E-state index in [1.807, 2.05) is 6.07 Å². The Morgan fingerprint density at radius 3 is 2.59 bits per heavy atom. The van der Waals surface area contributed by atoms with Crippen LogP contribution < -0.4 is 0 Å². The Labute approximate surface area is 153 Å². The molecule has 0 unspecified atom stereocenters. The topological polar surface area (TPSA) is 47.8 Å². The maximum atomic E-state index is 13.9. The fraction of sp³-hybridized carbons (Fsp3) is 0. The van der Waals surface area contributed by atoms with Gasteiger partial charge in [0.25, 0.3) is 0 Å². The van der Waals surface area contributed by atoms with Crippen LogP contribution in [-0.4, -0.2) is 20.3 Å². The molecule has 0 aliphatic carbocycles. The molecule has 2 aromatic carbocycles. The second kappa shape index (κ2) is 6.92. The average molecular weight is 361 g/mol. The van der Waals surface area contributed by atoms with Crippen LogP contribution in [0, 0.1) is 11.8 Å². The molecule has 0 spiro atoms. The van der Waals surface area contributed by atoms with Crippen molar-refractivity contribution in [2.24, 2.45) is 0 Å². The first-order valence-corrected chi connectivity index (χ1v) is 8.17. The number of pyridine rings is 1. The average Bonchev–Trinajstić information content (AvgIpc) is 3.18. The van der Waals surface area contributed by atoms with E-state index >= 15 is 0 Å². The Balaban J connectivity index is 1.67. The standard InChI is InChI=1S/C21H13F2N3O/c22-16-6-1-5-15(10-16)20(27)19-12-26(13-25-19)17-7-2-4-14(11-17)18-8-3-9-24-21(18)23/h1-13H. The van der Waals surface area contributed by atoms with Crippen LogP contribution in [0.5, 0.6) is 0 Å². The maximum absolute atomic E-state index is 13.9. The van der Waals surface area contributed by atoms with Crippen LogP contribution in [0.4, 0.5) is 8.78 Å². The van der Waals surface area contributed by atoms with Crippen molar-refractivity contribution in [3.63, 3.8) is 0 Å². The van der Waals surface area contributed by atoms with E-state index in [2.05, 4.69) is 9.97 Å². The van der Waals surface area contributed by atoms with Crippen molar-refractivity contribution < 1.29 is 13.6 Å². The molecular formula is C21H13F2N3O. The zero-order chi connectivity index (χ0) is 18.8. The minimum atomic E-state index is -0.553. The van der Waals surface area contributed by atoms with Gasteiger partial charge in [-0.15, -0.1) is 0 Å². The van der Waals surface area contributed by atoms with Gasteiger partial charge in [0, 0.05) is 29.2 Å². The number of halogens is 2. The second-order valence-electron chi connectivity index (χ2n) is 5.90. The van der Waals surface area contributed by atoms with Crippen molar-refractivity contribution in [1.29, 1.82) is 0 Å². The van der Waals surface area contributed by atoms with Gasteiger partial charge < -0.3 is 4.57 Å². The fourth-order valence-electron chi connectivity index (χ4n) is 2.79. The Bertz CT molecular complexity index is 1140. The number of ketones is 1. The lowest BCUT2D eigenvalue weighted by atomic mass is 10.1. The number of hydrogen-bond acceptors (Lipinski definition) is 3. The van der Waals surface area contributed by atoms with Crippen molar-refractivity contribution in [2.45, 2.75) is 0 Å². The summed E-state index contributed by atoms with van der Waals surface area (Å²) in [6.07, 6.45) is 4.44. The monoisotopic (exact) mass is 361 g/mol. The summed E-state index contributed by atoms with van der Waals surface area (Å²) in [7, 11) is 0. The van der Waals surface area contributed by atoms with Gasteiger partial charge in [-0.2, -0.15) is 4.39 Å². The summed E-state index contributed by atoms with van der Waals surface area (Å²) in [6.45, 7) is 0. The van der Waals surface area contributed by atoms with E-state index in [0.717, 1.165) is 0 Å². The SMILES string of the molecule is O=C(c1cccc(F)c1)c1cn(-c2cccc(-c3cccnc3F)c2)cn1. The number of carbonyl (C=O) groups excluding carboxylic acids is 1. The van der Waals surface area contributed by atoms with Crippen LogP contribution in [-0.2, 0) is 0 Å². The van der Waals surface area contributed by atoms with Gasteiger partial charge in [-0.1, -0.05) is 24.3 Å². The molecule has 0 aliphatic rings. The van der Waals surface area contributed by atoms with Crippen molar-refractivity contribution in [2.75, 3.05) is 0 Å². The third-order valence-corrected chi connectivity index (χ3v) is 4.12. The van der Waals surface area contributed by atoms with Crippen molar-refractivity contribution in [1.82, 2.24) is 14.5 Å². The first kappa shape index (κ1) is 16.8. The summed E-state index contributed by atoms with van der Waals surface area (Å²) in [5, 5.41) is 0. The normalized spacial score (nSPS) is 10.7. The molecule has 0 saturated carbocycles. The third kappa shape index (κ3) is 3.37. The van der Waals surface area contributed by atoms with Gasteiger partial charge in [0.2, 0.25) is 11.7 Å². The maximum Gasteiger partial charge on any atom is 0.220 e. The summed E-state index contributed by atoms with van der Waals surface area (Å²) in [4.78, 5) is 20.3. The van der Waals surface area contributed by atoms with Gasteiger partial charge in [0.05, 0.1) is 0 Å². The molecule has 0 N–H and O–H groups in total. The van der Waals surface area contributed by atoms with Gasteiger partial charge in [-0.25, -0.2) is 14.4 Å². The fourth-order valence-corrected chi connectivity index (χ4v) is 2.79. The first-order chi connectivity index (χ1) is 13.1. The minimum Gasteiger partial charge on any atom is -0.306 e. The zero-order valence-electron chi connectivity index (χ0n) is 14.0. The highest BCUT2D eigenvalue weighted by molar-refractivity contribution is 6.07. The van der Waals surface area contributed by atoms with E-state index in [1.54, 1.807) is 41.1 Å². The molecule has 0 amide bonds. The highest BCUT2D eigenvalue weighted by Gasteiger charge is 2.14. The largest absolute Gasteiger partial charge is 0.306 e. The summed E-state index contributed by atoms with van der Waals surface area (Å²) in [5.41, 5.74) is 2.17. The molecule has 0 radical (unpaired) electrons. The molecule has 132 valence electrons. The van der Waals surface area contributed by atoms with Gasteiger partial charge >= 0.3 is 0 Å². The van der Waals surface area contributed by atoms with E-state index < -0.39 is 11.8 Å². The predicted octanol–water partition coefficient (Wildman–Crippen LogP) is 4.44. The van der Waals surface area contributed by atoms with Crippen molar-refractivity contribution in [3.05, 3.63) is 102 Å². The van der Waals surface area contributed by atoms with E-state index in [-0.39, 0.29) is 17.0 Å². The zero-order valence-corrected chi connectivity index (χ0v) is 14.0. The highest BCUT2D eigenvalue weighted by Crippen LogP contribution is 2.24. The van der Waals surface area contributed by atoms with Crippen LogP contribution in [0.25, 0.3) is 16.8 Å². The van der Waals surface area contributed by atoms with Crippen LogP contribution in [0.3, 0.4) is 0 Å². The summed E-state index contributed by atoms with van der Waals surface area (Å²) >= 11 is 0. The molecule has 4 rings (SSSR count). The van der Waals surface area contributed by atoms with Crippen LogP contribution in [0.2, 0.25) is 0 Å². The molecule has 0 saturated heterocycles. The Kier molecular flexibility index (Phi) is 4.30. The van der Waals surface area contributed by atoms with E-state index in [9.17, 15) is 13.6 Å². The molecule has 0 bridgehead atoms. The number of aromatic nitrogens is 3. The van der Waals surface area contributed by atoms with Crippen LogP contribution in [0.1, 0.15) is 16.1 Å². The van der Waals surface area contributed by atoms with Gasteiger partial charge in [-0.05, 0) is 42.0 Å². The van der Waals surface area contributed by atoms with Crippen LogP contribution >= 0.6 is 0 Å². The number of imidazole rings is 1. The van der Waals surface area contributed by atoms with Crippen molar-refractivity contribution in [3.8, 4) is 16.8 Å². The number of carbonyl (C=O) groups is 1. The predicted molar refractivity (Wildman–Crippen MR) is 96.6 cm³/mol. The van der Waals surface area contributed by atoms with E-state index in [4.69, 9.17) is 0 Å².